The van der Waals surface area contributed by atoms with Gasteiger partial charge in [-0.05, 0) is 54.3 Å². The van der Waals surface area contributed by atoms with Crippen molar-refractivity contribution in [2.24, 2.45) is 5.73 Å². The van der Waals surface area contributed by atoms with Gasteiger partial charge < -0.3 is 24.9 Å². The van der Waals surface area contributed by atoms with E-state index >= 15 is 0 Å². The molecule has 17 heteroatoms. The van der Waals surface area contributed by atoms with E-state index in [0.29, 0.717) is 31.9 Å². The molecule has 3 N–H and O–H groups in total. The Bertz CT molecular complexity index is 1760. The molecular weight excluding hydrogens is 710 g/mol. The number of nitrogens with two attached hydrogens (primary N) is 1. The number of aryl methyl sites for hydroxylation is 1. The summed E-state index contributed by atoms with van der Waals surface area (Å²) in [6, 6.07) is 15.3. The Morgan fingerprint density at radius 3 is 2.12 bits per heavy atom. The molecule has 4 rings (SSSR count). The number of aromatic nitrogens is 2. The van der Waals surface area contributed by atoms with E-state index in [-0.39, 0.29) is 19.2 Å². The molecule has 0 bridgehead atoms. The smallest absolute Gasteiger partial charge is 0.475 e. The fourth-order valence-electron chi connectivity index (χ4n) is 5.22. The third-order valence-corrected chi connectivity index (χ3v) is 13.6. The maximum absolute atomic E-state index is 13.4. The Labute approximate surface area is 294 Å². The molecule has 0 spiro atoms. The highest BCUT2D eigenvalue weighted by Crippen LogP contribution is 2.38. The highest BCUT2D eigenvalue weighted by molar-refractivity contribution is 7.90. The van der Waals surface area contributed by atoms with Gasteiger partial charge in [-0.1, -0.05) is 69.6 Å². The Kier molecular flexibility index (Phi) is 13.6. The van der Waals surface area contributed by atoms with Crippen molar-refractivity contribution in [3.63, 3.8) is 0 Å². The maximum Gasteiger partial charge on any atom is 0.490 e. The van der Waals surface area contributed by atoms with Crippen LogP contribution in [0.15, 0.2) is 42.5 Å². The van der Waals surface area contributed by atoms with E-state index in [4.69, 9.17) is 30.1 Å². The van der Waals surface area contributed by atoms with Crippen molar-refractivity contribution >= 4 is 49.1 Å². The lowest BCUT2D eigenvalue weighted by Gasteiger charge is -2.20. The van der Waals surface area contributed by atoms with Crippen molar-refractivity contribution in [2.75, 3.05) is 19.9 Å². The number of nitrogens with zero attached hydrogens (tertiary/aromatic N) is 3. The van der Waals surface area contributed by atoms with E-state index in [2.05, 4.69) is 43.8 Å². The van der Waals surface area contributed by atoms with Gasteiger partial charge in [-0.15, -0.1) is 0 Å². The molecular formula is C33H49F3N4O7SSi2. The minimum atomic E-state index is -5.08. The summed E-state index contributed by atoms with van der Waals surface area (Å²) in [5.41, 5.74) is 11.0. The number of rotatable bonds is 14. The lowest BCUT2D eigenvalue weighted by Crippen LogP contribution is -2.33. The van der Waals surface area contributed by atoms with Crippen molar-refractivity contribution in [3.05, 3.63) is 65.0 Å². The normalized spacial score (nSPS) is 17.1. The fraction of sp³-hybridized carbons (Fsp3) is 0.545. The number of carbonyl (C=O) groups is 2. The third-order valence-electron chi connectivity index (χ3n) is 8.12. The number of fused-ring (bicyclic) bond motifs is 1. The zero-order valence-corrected chi connectivity index (χ0v) is 32.5. The molecule has 2 heterocycles. The summed E-state index contributed by atoms with van der Waals surface area (Å²) in [6.07, 6.45) is -4.64. The van der Waals surface area contributed by atoms with Crippen LogP contribution < -0.4 is 5.73 Å². The molecule has 50 heavy (non-hydrogen) atoms. The van der Waals surface area contributed by atoms with Crippen LogP contribution in [0.2, 0.25) is 51.4 Å². The second-order valence-corrected chi connectivity index (χ2v) is 28.1. The number of imidazole rings is 1. The molecule has 2 atom stereocenters. The highest BCUT2D eigenvalue weighted by Gasteiger charge is 2.46. The quantitative estimate of drug-likeness (QED) is 0.140. The molecule has 1 aliphatic heterocycles. The van der Waals surface area contributed by atoms with Crippen molar-refractivity contribution in [2.45, 2.75) is 95.3 Å². The average molecular weight is 759 g/mol. The lowest BCUT2D eigenvalue weighted by molar-refractivity contribution is -0.192. The predicted octanol–water partition coefficient (Wildman–Crippen LogP) is 6.45. The zero-order chi connectivity index (χ0) is 37.7. The van der Waals surface area contributed by atoms with Gasteiger partial charge in [0.1, 0.15) is 24.5 Å². The summed E-state index contributed by atoms with van der Waals surface area (Å²) < 4.78 is 73.2. The van der Waals surface area contributed by atoms with Crippen LogP contribution in [0, 0.1) is 6.92 Å². The SMILES string of the molecule is Cc1cc(C[C@H](N)c2nc3ccccc3n2COCC[Si](C)(C)C)ccc1C1CC(=O)N(COCC[Si](C)(C)C)S1(=O)=O.O=C(O)C(F)(F)F. The van der Waals surface area contributed by atoms with Gasteiger partial charge in [0.15, 0.2) is 0 Å². The summed E-state index contributed by atoms with van der Waals surface area (Å²) >= 11 is 0. The number of alkyl halides is 3. The molecule has 1 aliphatic rings. The van der Waals surface area contributed by atoms with Crippen molar-refractivity contribution in [1.82, 2.24) is 13.9 Å². The third kappa shape index (κ3) is 11.5. The first-order valence-electron chi connectivity index (χ1n) is 16.3. The van der Waals surface area contributed by atoms with Crippen LogP contribution in [0.5, 0.6) is 0 Å². The van der Waals surface area contributed by atoms with E-state index in [0.717, 1.165) is 44.4 Å². The fourth-order valence-corrected chi connectivity index (χ4v) is 8.56. The van der Waals surface area contributed by atoms with Gasteiger partial charge in [0.2, 0.25) is 15.9 Å². The number of carboxylic acid groups (broad SMARTS) is 1. The van der Waals surface area contributed by atoms with Crippen LogP contribution in [0.3, 0.4) is 0 Å². The molecule has 1 amide bonds. The van der Waals surface area contributed by atoms with Gasteiger partial charge in [0.05, 0.1) is 23.5 Å². The monoisotopic (exact) mass is 758 g/mol. The van der Waals surface area contributed by atoms with Crippen LogP contribution in [0.4, 0.5) is 13.2 Å². The number of amides is 1. The molecule has 0 saturated carbocycles. The summed E-state index contributed by atoms with van der Waals surface area (Å²) in [5, 5.41) is 6.21. The van der Waals surface area contributed by atoms with Crippen molar-refractivity contribution in [3.8, 4) is 0 Å². The van der Waals surface area contributed by atoms with Crippen LogP contribution in [0.1, 0.15) is 40.2 Å². The molecule has 2 aromatic carbocycles. The van der Waals surface area contributed by atoms with Gasteiger partial charge in [0.25, 0.3) is 0 Å². The molecule has 1 aromatic heterocycles. The molecule has 1 unspecified atom stereocenters. The number of carbonyl (C=O) groups excluding carboxylic acids is 1. The van der Waals surface area contributed by atoms with E-state index in [9.17, 15) is 26.4 Å². The minimum absolute atomic E-state index is 0.0822. The number of hydrogen-bond donors (Lipinski definition) is 2. The van der Waals surface area contributed by atoms with Crippen LogP contribution in [0.25, 0.3) is 11.0 Å². The first-order valence-corrected chi connectivity index (χ1v) is 25.2. The number of aliphatic carboxylic acids is 1. The lowest BCUT2D eigenvalue weighted by atomic mass is 9.97. The zero-order valence-electron chi connectivity index (χ0n) is 29.7. The minimum Gasteiger partial charge on any atom is -0.475 e. The molecule has 1 fully saturated rings. The number of sulfonamides is 1. The second-order valence-electron chi connectivity index (χ2n) is 14.9. The number of benzene rings is 2. The molecule has 3 aromatic rings. The molecule has 11 nitrogen and oxygen atoms in total. The maximum atomic E-state index is 13.4. The van der Waals surface area contributed by atoms with E-state index in [1.54, 1.807) is 0 Å². The van der Waals surface area contributed by atoms with Crippen LogP contribution in [-0.4, -0.2) is 81.5 Å². The summed E-state index contributed by atoms with van der Waals surface area (Å²) in [5.74, 6) is -2.42. The standard InChI is InChI=1S/C31H48N4O5SSi2.C2HF3O2/c1-23-18-24(12-13-25(23)29-20-30(36)35(41(29,37)38)22-40-15-17-43(5,6)7)19-26(32)31-33-27-10-8-9-11-28(27)34(31)21-39-14-16-42(2,3)4;3-2(4,5)1(6)7/h8-13,18,26,29H,14-17,19-22,32H2,1-7H3;(H,6,7)/t26-,29?;/m0./s1. The molecule has 1 saturated heterocycles. The predicted molar refractivity (Wildman–Crippen MR) is 191 cm³/mol. The first kappa shape index (κ1) is 41.3. The summed E-state index contributed by atoms with van der Waals surface area (Å²) in [7, 11) is -6.40. The van der Waals surface area contributed by atoms with Crippen molar-refractivity contribution < 1.29 is 45.8 Å². The second kappa shape index (κ2) is 16.5. The molecule has 278 valence electrons. The van der Waals surface area contributed by atoms with Crippen LogP contribution in [-0.2, 0) is 42.2 Å². The van der Waals surface area contributed by atoms with Gasteiger partial charge >= 0.3 is 12.1 Å². The highest BCUT2D eigenvalue weighted by atomic mass is 32.2. The average Bonchev–Trinajstić information content (AvgIpc) is 3.46. The Morgan fingerprint density at radius 1 is 1.02 bits per heavy atom. The van der Waals surface area contributed by atoms with Gasteiger partial charge in [-0.2, -0.15) is 13.2 Å². The topological polar surface area (TPSA) is 154 Å². The Morgan fingerprint density at radius 2 is 1.58 bits per heavy atom. The number of ether oxygens (including phenoxy) is 2. The Balaban J connectivity index is 0.000000872. The van der Waals surface area contributed by atoms with E-state index in [1.165, 1.54) is 0 Å². The van der Waals surface area contributed by atoms with Gasteiger partial charge in [-0.25, -0.2) is 22.5 Å². The number of para-hydroxylation sites is 2. The van der Waals surface area contributed by atoms with Crippen LogP contribution >= 0.6 is 0 Å². The summed E-state index contributed by atoms with van der Waals surface area (Å²) in [4.78, 5) is 26.5. The van der Waals surface area contributed by atoms with Gasteiger partial charge in [-0.3, -0.25) is 4.79 Å². The van der Waals surface area contributed by atoms with Crippen molar-refractivity contribution in [1.29, 1.82) is 0 Å². The number of hydrogen-bond acceptors (Lipinski definition) is 8. The van der Waals surface area contributed by atoms with E-state index in [1.807, 2.05) is 49.4 Å². The Hall–Kier alpha value is -3.10. The number of carboxylic acids is 1. The largest absolute Gasteiger partial charge is 0.490 e. The molecule has 0 radical (unpaired) electrons. The van der Waals surface area contributed by atoms with Gasteiger partial charge in [0, 0.05) is 29.4 Å². The summed E-state index contributed by atoms with van der Waals surface area (Å²) in [6.45, 7) is 16.9. The first-order chi connectivity index (χ1) is 23.0. The number of halogens is 3. The molecule has 0 aliphatic carbocycles. The van der Waals surface area contributed by atoms with E-state index < -0.39 is 49.5 Å².